The van der Waals surface area contributed by atoms with Crippen molar-refractivity contribution in [2.45, 2.75) is 14.0 Å². The topological polar surface area (TPSA) is 152 Å². The summed E-state index contributed by atoms with van der Waals surface area (Å²) in [5, 5.41) is 12.1. The van der Waals surface area contributed by atoms with Crippen LogP contribution in [-0.4, -0.2) is 262 Å². The Balaban J connectivity index is 0.000000266. The highest BCUT2D eigenvalue weighted by atomic mass is 19.1. The third-order valence-corrected chi connectivity index (χ3v) is 14.1. The van der Waals surface area contributed by atoms with Crippen molar-refractivity contribution in [1.29, 1.82) is 0 Å². The minimum atomic E-state index is -1.03. The molecule has 0 fully saturated rings. The van der Waals surface area contributed by atoms with Crippen LogP contribution in [0.2, 0.25) is 0 Å². The van der Waals surface area contributed by atoms with E-state index in [2.05, 4.69) is 15.3 Å². The minimum absolute atomic E-state index is 0. The number of halogens is 2. The van der Waals surface area contributed by atoms with Crippen molar-refractivity contribution in [2.24, 2.45) is 14.1 Å². The van der Waals surface area contributed by atoms with Gasteiger partial charge in [0, 0.05) is 48.4 Å². The van der Waals surface area contributed by atoms with Crippen molar-refractivity contribution in [2.75, 3.05) is 21.3 Å². The Kier molecular flexibility index (Phi) is 25.9. The molecule has 4 heterocycles. The number of aldehydes is 2. The number of hydrogen-bond acceptors (Lipinski definition) is 9. The molecule has 7 rings (SSSR count). The van der Waals surface area contributed by atoms with Gasteiger partial charge in [0.15, 0.2) is 12.6 Å². The highest BCUT2D eigenvalue weighted by Crippen LogP contribution is 2.34. The fourth-order valence-electron chi connectivity index (χ4n) is 10.1. The third-order valence-electron chi connectivity index (χ3n) is 14.1. The van der Waals surface area contributed by atoms with Crippen LogP contribution in [0.3, 0.4) is 0 Å². The van der Waals surface area contributed by atoms with Crippen LogP contribution in [0.25, 0.3) is 44.1 Å². The van der Waals surface area contributed by atoms with Gasteiger partial charge in [-0.15, -0.1) is 0 Å². The molecule has 0 aliphatic carbocycles. The Labute approximate surface area is 503 Å². The van der Waals surface area contributed by atoms with Gasteiger partial charge in [0.1, 0.15) is 39.9 Å². The van der Waals surface area contributed by atoms with Crippen LogP contribution in [0.1, 0.15) is 33.7 Å². The predicted octanol–water partition coefficient (Wildman–Crippen LogP) is -4.72. The van der Waals surface area contributed by atoms with Crippen LogP contribution < -0.4 is 25.3 Å². The monoisotopic (exact) mass is 1050 g/mol. The summed E-state index contributed by atoms with van der Waals surface area (Å²) >= 11 is 0. The first-order valence-corrected chi connectivity index (χ1v) is 24.9. The number of carbonyl (C=O) groups is 2. The number of carbonyl (C=O) groups excluding carboxylic acids is 2. The number of aromatic amines is 1. The van der Waals surface area contributed by atoms with Crippen molar-refractivity contribution in [3.63, 3.8) is 0 Å². The van der Waals surface area contributed by atoms with Gasteiger partial charge < -0.3 is 31.1 Å². The van der Waals surface area contributed by atoms with E-state index in [9.17, 15) is 28.0 Å². The molecule has 1 N–H and O–H groups in total. The second kappa shape index (κ2) is 30.6. The molecule has 0 bridgehead atoms. The summed E-state index contributed by atoms with van der Waals surface area (Å²) in [7, 11) is 97.1. The lowest BCUT2D eigenvalue weighted by molar-refractivity contribution is 0.110. The van der Waals surface area contributed by atoms with Crippen LogP contribution in [-0.2, 0) is 20.6 Å². The molecule has 0 aliphatic rings. The van der Waals surface area contributed by atoms with Crippen molar-refractivity contribution < 1.29 is 32.6 Å². The number of H-pyrrole nitrogens is 1. The number of hydrogen-bond donors (Lipinski definition) is 1. The summed E-state index contributed by atoms with van der Waals surface area (Å²) < 4.78 is 48.5. The van der Waals surface area contributed by atoms with Gasteiger partial charge in [-0.1, -0.05) is 19.6 Å². The van der Waals surface area contributed by atoms with Gasteiger partial charge in [-0.2, -0.15) is 10.2 Å². The van der Waals surface area contributed by atoms with Gasteiger partial charge in [-0.3, -0.25) is 29.0 Å². The lowest BCUT2D eigenvalue weighted by Crippen LogP contribution is -2.87. The van der Waals surface area contributed by atoms with E-state index in [0.717, 1.165) is 11.3 Å². The quantitative estimate of drug-likeness (QED) is 0.0554. The van der Waals surface area contributed by atoms with Crippen molar-refractivity contribution in [3.05, 3.63) is 122 Å². The van der Waals surface area contributed by atoms with E-state index in [1.807, 2.05) is 24.3 Å². The van der Waals surface area contributed by atoms with Crippen LogP contribution in [0.4, 0.5) is 8.78 Å². The summed E-state index contributed by atoms with van der Waals surface area (Å²) in [6, 6.07) is 13.1. The molecule has 4 aromatic heterocycles. The normalized spacial score (nSPS) is 10.3. The molecule has 13 nitrogen and oxygen atoms in total. The number of fused-ring (bicyclic) bond motifs is 2. The summed E-state index contributed by atoms with van der Waals surface area (Å²) in [6.07, 6.45) is -5.11. The highest BCUT2D eigenvalue weighted by Gasteiger charge is 2.50. The summed E-state index contributed by atoms with van der Waals surface area (Å²) in [4.78, 5) is 47.1. The molecule has 0 saturated heterocycles. The zero-order chi connectivity index (χ0) is 60.5. The second-order valence-corrected chi connectivity index (χ2v) is 19.4. The maximum atomic E-state index is 14.5. The van der Waals surface area contributed by atoms with Gasteiger partial charge in [0.25, 0.3) is 11.1 Å². The van der Waals surface area contributed by atoms with Crippen molar-refractivity contribution in [1.82, 2.24) is 29.1 Å². The second-order valence-electron chi connectivity index (χ2n) is 19.4. The highest BCUT2D eigenvalue weighted by molar-refractivity contribution is 8.26. The number of aromatic nitrogens is 6. The average molecular weight is 1040 g/mol. The van der Waals surface area contributed by atoms with E-state index < -0.39 is 94.6 Å². The first kappa shape index (κ1) is 69.4. The molecule has 0 atom stereocenters. The molecule has 0 amide bonds. The Hall–Kier alpha value is -5.08. The fraction of sp³-hybridized carbons (Fsp3) is 0.179. The van der Waals surface area contributed by atoms with Gasteiger partial charge >= 0.3 is 0 Å². The molecule has 3 aromatic carbocycles. The lowest BCUT2D eigenvalue weighted by atomic mass is 8.32. The number of aryl methyl sites for hydroxylation is 2. The van der Waals surface area contributed by atoms with Crippen LogP contribution >= 0.6 is 0 Å². The largest absolute Gasteiger partial charge is 0.687 e. The van der Waals surface area contributed by atoms with Gasteiger partial charge in [-0.05, 0) is 238 Å². The number of nitrogens with zero attached hydrogens (tertiary/aromatic N) is 5. The molecular weight excluding hydrogens is 1010 g/mol. The molecule has 7 aromatic rings. The van der Waals surface area contributed by atoms with E-state index in [1.165, 1.54) is 41.7 Å². The van der Waals surface area contributed by atoms with E-state index in [1.54, 1.807) is 56.6 Å². The smallest absolute Gasteiger partial charge is 0.276 e. The van der Waals surface area contributed by atoms with E-state index in [0.29, 0.717) is 63.2 Å². The molecule has 31 radical (unpaired) electrons. The Bertz CT molecular complexity index is 3370. The zero-order valence-electron chi connectivity index (χ0n) is 45.3. The number of rotatable bonds is 21. The Morgan fingerprint density at radius 2 is 1.02 bits per heavy atom. The molecular formula is C39H36B28F2N6O7-. The fourth-order valence-corrected chi connectivity index (χ4v) is 10.1. The van der Waals surface area contributed by atoms with Crippen LogP contribution in [0.15, 0.2) is 82.9 Å². The van der Waals surface area contributed by atoms with Crippen LogP contribution in [0, 0.1) is 11.6 Å². The number of methoxy groups -OCH3 is 3. The van der Waals surface area contributed by atoms with Crippen molar-refractivity contribution in [3.8, 4) is 39.5 Å². The first-order chi connectivity index (χ1) is 38.2. The maximum absolute atomic E-state index is 14.5. The molecule has 0 aliphatic heterocycles. The molecule has 82 heavy (non-hydrogen) atoms. The van der Waals surface area contributed by atoms with E-state index in [-0.39, 0.29) is 41.2 Å². The van der Waals surface area contributed by atoms with E-state index in [4.69, 9.17) is 130 Å². The summed E-state index contributed by atoms with van der Waals surface area (Å²) in [5.74, 6) is -0.387. The number of pyridine rings is 2. The van der Waals surface area contributed by atoms with Gasteiger partial charge in [-0.25, -0.2) is 15.2 Å². The number of ether oxygens (including phenoxy) is 3. The zero-order valence-corrected chi connectivity index (χ0v) is 45.3. The SMILES string of the molecule is C.COc1cc(-c2cn(C)c(=O)c3[nH]ncc23)cc(F)c1C=O.COc1ccc(Cn2ncc3c(-c4cc(F)c(C=O)c(OC)c4)cn(C)c(=O)c32)cc1.[B]B([B])B(B([B])[B])B(B([B])B([B])[B-])B(B(B([B])[B])B([B])[B])B(B([B])[B])B([B])[B]. The lowest BCUT2D eigenvalue weighted by Gasteiger charge is -2.50. The summed E-state index contributed by atoms with van der Waals surface area (Å²) in [6.45, 7) is 0.383. The third kappa shape index (κ3) is 15.6. The van der Waals surface area contributed by atoms with Gasteiger partial charge in [0.2, 0.25) is 0 Å². The standard InChI is InChI=1S/C23H20FN3O4.C15H12FN3O3.CH4.B28/c1-26-12-18(15-8-20(24)19(13-28)21(9-15)31-3)17-10-25-27(22(17)23(26)29)11-14-4-6-16(30-2)7-5-14;1-19-6-10(9-5-17-18-14(9)15(19)21)8-3-12(16)11(7-20)13(4-8)22-2;;1-16(2)23(15)27(24(17(3)4)18(5)6)28(25(19(7)8)20(9)10)26(21(11)12)22(13)14/h4-10,12-13H,11H2,1-3H3;3-7H,1-2H3,(H,17,18);1H4;/q;;;-1. The first-order valence-electron chi connectivity index (χ1n) is 24.9. The molecule has 43 heteroatoms. The van der Waals surface area contributed by atoms with E-state index >= 15 is 0 Å². The molecule has 0 spiro atoms. The molecule has 0 saturated carbocycles. The molecule has 363 valence electrons. The Morgan fingerprint density at radius 1 is 0.598 bits per heavy atom. The summed E-state index contributed by atoms with van der Waals surface area (Å²) in [5.41, 5.74) is 3.12. The molecule has 0 unspecified atom stereocenters. The minimum Gasteiger partial charge on any atom is -0.687 e. The average Bonchev–Trinajstić information content (AvgIpc) is 4.07. The van der Waals surface area contributed by atoms with Crippen LogP contribution in [0.5, 0.6) is 17.2 Å². The predicted molar refractivity (Wildman–Crippen MR) is 361 cm³/mol. The number of benzene rings is 3. The maximum Gasteiger partial charge on any atom is 0.276 e. The van der Waals surface area contributed by atoms with Crippen molar-refractivity contribution >= 4 is 233 Å². The van der Waals surface area contributed by atoms with Gasteiger partial charge in [0.05, 0.1) is 51.4 Å². The number of nitrogens with one attached hydrogen (secondary N) is 1. The Morgan fingerprint density at radius 3 is 1.43 bits per heavy atom.